The van der Waals surface area contributed by atoms with Gasteiger partial charge in [0.2, 0.25) is 0 Å². The molecule has 17 heavy (non-hydrogen) atoms. The summed E-state index contributed by atoms with van der Waals surface area (Å²) in [5.41, 5.74) is 2.07. The molecule has 0 spiro atoms. The Morgan fingerprint density at radius 3 is 3.00 bits per heavy atom. The molecule has 4 heteroatoms. The minimum atomic E-state index is -0.751. The average Bonchev–Trinajstić information content (AvgIpc) is 2.65. The van der Waals surface area contributed by atoms with E-state index in [1.54, 1.807) is 0 Å². The number of carboxylic acids is 1. The van der Waals surface area contributed by atoms with E-state index in [9.17, 15) is 9.90 Å². The molecule has 0 bridgehead atoms. The lowest BCUT2D eigenvalue weighted by Crippen LogP contribution is -2.24. The van der Waals surface area contributed by atoms with E-state index in [-0.39, 0.29) is 0 Å². The zero-order valence-electron chi connectivity index (χ0n) is 9.19. The molecule has 3 nitrogen and oxygen atoms in total. The van der Waals surface area contributed by atoms with Crippen molar-refractivity contribution in [3.05, 3.63) is 35.0 Å². The van der Waals surface area contributed by atoms with E-state index >= 15 is 0 Å². The molecule has 0 saturated heterocycles. The molecule has 1 N–H and O–H groups in total. The monoisotopic (exact) mass is 249 g/mol. The topological polar surface area (TPSA) is 42.2 Å². The number of aryl methyl sites for hydroxylation is 1. The minimum Gasteiger partial charge on any atom is -0.480 e. The Morgan fingerprint density at radius 1 is 1.41 bits per heavy atom. The van der Waals surface area contributed by atoms with Crippen LogP contribution in [0.2, 0.25) is 5.02 Å². The van der Waals surface area contributed by atoms with Crippen molar-refractivity contribution >= 4 is 28.5 Å². The third kappa shape index (κ3) is 1.62. The summed E-state index contributed by atoms with van der Waals surface area (Å²) in [5.74, 6) is -0.751. The Labute approximate surface area is 104 Å². The van der Waals surface area contributed by atoms with Gasteiger partial charge in [0.25, 0.3) is 0 Å². The van der Waals surface area contributed by atoms with E-state index in [1.807, 2.05) is 22.8 Å². The SMILES string of the molecule is O=C(O)C1CCCc2cc3cc(Cl)ccc3n21. The third-order valence-electron chi connectivity index (χ3n) is 3.39. The van der Waals surface area contributed by atoms with Gasteiger partial charge in [-0.15, -0.1) is 0 Å². The summed E-state index contributed by atoms with van der Waals surface area (Å²) >= 11 is 5.96. The minimum absolute atomic E-state index is 0.433. The number of hydrogen-bond donors (Lipinski definition) is 1. The van der Waals surface area contributed by atoms with Gasteiger partial charge in [0, 0.05) is 21.6 Å². The zero-order valence-corrected chi connectivity index (χ0v) is 9.94. The molecule has 1 atom stereocenters. The van der Waals surface area contributed by atoms with Crippen LogP contribution in [0.25, 0.3) is 10.9 Å². The van der Waals surface area contributed by atoms with Gasteiger partial charge in [0.05, 0.1) is 0 Å². The maximum atomic E-state index is 11.3. The first-order chi connectivity index (χ1) is 8.16. The van der Waals surface area contributed by atoms with E-state index in [0.717, 1.165) is 29.4 Å². The van der Waals surface area contributed by atoms with E-state index in [2.05, 4.69) is 6.07 Å². The lowest BCUT2D eigenvalue weighted by atomic mass is 10.0. The van der Waals surface area contributed by atoms with E-state index < -0.39 is 12.0 Å². The maximum Gasteiger partial charge on any atom is 0.326 e. The first kappa shape index (κ1) is 10.7. The lowest BCUT2D eigenvalue weighted by Gasteiger charge is -2.23. The Kier molecular flexibility index (Phi) is 2.37. The molecule has 0 saturated carbocycles. The van der Waals surface area contributed by atoms with Crippen molar-refractivity contribution in [3.8, 4) is 0 Å². The largest absolute Gasteiger partial charge is 0.480 e. The number of hydrogen-bond acceptors (Lipinski definition) is 1. The summed E-state index contributed by atoms with van der Waals surface area (Å²) in [7, 11) is 0. The predicted molar refractivity (Wildman–Crippen MR) is 66.6 cm³/mol. The molecule has 0 fully saturated rings. The molecule has 88 valence electrons. The first-order valence-corrected chi connectivity index (χ1v) is 6.07. The van der Waals surface area contributed by atoms with Gasteiger partial charge in [-0.05, 0) is 43.5 Å². The summed E-state index contributed by atoms with van der Waals surface area (Å²) in [5, 5.41) is 11.0. The van der Waals surface area contributed by atoms with Crippen molar-refractivity contribution in [1.82, 2.24) is 4.57 Å². The summed E-state index contributed by atoms with van der Waals surface area (Å²) in [6.45, 7) is 0. The van der Waals surface area contributed by atoms with Crippen LogP contribution in [0, 0.1) is 0 Å². The highest BCUT2D eigenvalue weighted by Gasteiger charge is 2.27. The highest BCUT2D eigenvalue weighted by Crippen LogP contribution is 2.33. The molecule has 1 aliphatic heterocycles. The Balaban J connectivity index is 2.27. The molecule has 3 rings (SSSR count). The van der Waals surface area contributed by atoms with Crippen LogP contribution in [0.1, 0.15) is 24.6 Å². The second-order valence-electron chi connectivity index (χ2n) is 4.46. The molecule has 1 aromatic carbocycles. The van der Waals surface area contributed by atoms with Crippen molar-refractivity contribution in [2.45, 2.75) is 25.3 Å². The number of aromatic nitrogens is 1. The highest BCUT2D eigenvalue weighted by molar-refractivity contribution is 6.31. The van der Waals surface area contributed by atoms with Crippen LogP contribution in [0.4, 0.5) is 0 Å². The van der Waals surface area contributed by atoms with Gasteiger partial charge in [-0.1, -0.05) is 11.6 Å². The Hall–Kier alpha value is -1.48. The van der Waals surface area contributed by atoms with Crippen molar-refractivity contribution in [2.24, 2.45) is 0 Å². The Morgan fingerprint density at radius 2 is 2.24 bits per heavy atom. The number of benzene rings is 1. The van der Waals surface area contributed by atoms with Gasteiger partial charge in [0.1, 0.15) is 6.04 Å². The number of rotatable bonds is 1. The molecule has 2 aromatic rings. The second kappa shape index (κ2) is 3.77. The zero-order chi connectivity index (χ0) is 12.0. The molecular weight excluding hydrogens is 238 g/mol. The van der Waals surface area contributed by atoms with Crippen LogP contribution in [0.5, 0.6) is 0 Å². The van der Waals surface area contributed by atoms with Crippen LogP contribution in [0.3, 0.4) is 0 Å². The van der Waals surface area contributed by atoms with E-state index in [1.165, 1.54) is 0 Å². The maximum absolute atomic E-state index is 11.3. The van der Waals surface area contributed by atoms with Crippen molar-refractivity contribution in [3.63, 3.8) is 0 Å². The van der Waals surface area contributed by atoms with Crippen LogP contribution < -0.4 is 0 Å². The second-order valence-corrected chi connectivity index (χ2v) is 4.89. The number of carbonyl (C=O) groups is 1. The first-order valence-electron chi connectivity index (χ1n) is 5.69. The fraction of sp³-hybridized carbons (Fsp3) is 0.308. The molecule has 2 heterocycles. The molecule has 0 radical (unpaired) electrons. The third-order valence-corrected chi connectivity index (χ3v) is 3.62. The molecular formula is C13H12ClNO2. The van der Waals surface area contributed by atoms with Crippen LogP contribution in [0.15, 0.2) is 24.3 Å². The van der Waals surface area contributed by atoms with Crippen LogP contribution >= 0.6 is 11.6 Å². The Bertz CT molecular complexity index is 603. The molecule has 1 aliphatic rings. The highest BCUT2D eigenvalue weighted by atomic mass is 35.5. The lowest BCUT2D eigenvalue weighted by molar-refractivity contribution is -0.141. The van der Waals surface area contributed by atoms with Crippen molar-refractivity contribution < 1.29 is 9.90 Å². The number of nitrogens with zero attached hydrogens (tertiary/aromatic N) is 1. The standard InChI is InChI=1S/C13H12ClNO2/c14-9-4-5-11-8(6-9)7-10-2-1-3-12(13(16)17)15(10)11/h4-7,12H,1-3H2,(H,16,17). The number of fused-ring (bicyclic) bond motifs is 3. The summed E-state index contributed by atoms with van der Waals surface area (Å²) in [6, 6.07) is 7.22. The molecule has 0 amide bonds. The van der Waals surface area contributed by atoms with Crippen LogP contribution in [-0.4, -0.2) is 15.6 Å². The van der Waals surface area contributed by atoms with Crippen LogP contribution in [-0.2, 0) is 11.2 Å². The van der Waals surface area contributed by atoms with Gasteiger partial charge in [-0.3, -0.25) is 0 Å². The van der Waals surface area contributed by atoms with Crippen molar-refractivity contribution in [1.29, 1.82) is 0 Å². The van der Waals surface area contributed by atoms with Gasteiger partial charge in [-0.25, -0.2) is 4.79 Å². The smallest absolute Gasteiger partial charge is 0.326 e. The molecule has 1 unspecified atom stereocenters. The predicted octanol–water partition coefficient (Wildman–Crippen LogP) is 3.26. The quantitative estimate of drug-likeness (QED) is 0.843. The fourth-order valence-corrected chi connectivity index (χ4v) is 2.84. The summed E-state index contributed by atoms with van der Waals surface area (Å²) in [6.07, 6.45) is 2.58. The number of halogens is 1. The summed E-state index contributed by atoms with van der Waals surface area (Å²) in [4.78, 5) is 11.3. The normalized spacial score (nSPS) is 19.2. The molecule has 1 aromatic heterocycles. The van der Waals surface area contributed by atoms with Gasteiger partial charge in [0.15, 0.2) is 0 Å². The average molecular weight is 250 g/mol. The molecule has 0 aliphatic carbocycles. The van der Waals surface area contributed by atoms with Gasteiger partial charge >= 0.3 is 5.97 Å². The van der Waals surface area contributed by atoms with Gasteiger partial charge in [-0.2, -0.15) is 0 Å². The van der Waals surface area contributed by atoms with E-state index in [4.69, 9.17) is 11.6 Å². The summed E-state index contributed by atoms with van der Waals surface area (Å²) < 4.78 is 1.94. The van der Waals surface area contributed by atoms with Crippen molar-refractivity contribution in [2.75, 3.05) is 0 Å². The van der Waals surface area contributed by atoms with E-state index in [0.29, 0.717) is 11.4 Å². The number of carboxylic acid groups (broad SMARTS) is 1. The fourth-order valence-electron chi connectivity index (χ4n) is 2.66. The van der Waals surface area contributed by atoms with Gasteiger partial charge < -0.3 is 9.67 Å². The number of aliphatic carboxylic acids is 1.